The van der Waals surface area contributed by atoms with Crippen LogP contribution in [0.1, 0.15) is 24.0 Å². The lowest BCUT2D eigenvalue weighted by molar-refractivity contribution is -0.139. The third kappa shape index (κ3) is 4.26. The maximum absolute atomic E-state index is 12.5. The number of methoxy groups -OCH3 is 1. The van der Waals surface area contributed by atoms with Gasteiger partial charge in [0.1, 0.15) is 0 Å². The number of esters is 1. The van der Waals surface area contributed by atoms with Crippen LogP contribution in [0.25, 0.3) is 0 Å². The Morgan fingerprint density at radius 3 is 2.27 bits per heavy atom. The summed E-state index contributed by atoms with van der Waals surface area (Å²) < 4.78 is 32.3. The van der Waals surface area contributed by atoms with Gasteiger partial charge in [-0.25, -0.2) is 13.1 Å². The van der Waals surface area contributed by atoms with Gasteiger partial charge >= 0.3 is 5.97 Å². The molecule has 0 radical (unpaired) electrons. The van der Waals surface area contributed by atoms with Crippen LogP contribution in [0.4, 0.5) is 0 Å². The van der Waals surface area contributed by atoms with Crippen LogP contribution in [0, 0.1) is 0 Å². The van der Waals surface area contributed by atoms with Gasteiger partial charge in [0.25, 0.3) is 0 Å². The Balaban J connectivity index is 1.68. The van der Waals surface area contributed by atoms with E-state index in [-0.39, 0.29) is 22.7 Å². The highest BCUT2D eigenvalue weighted by atomic mass is 35.5. The second-order valence-electron chi connectivity index (χ2n) is 6.51. The molecule has 1 saturated carbocycles. The molecule has 0 saturated heterocycles. The topological polar surface area (TPSA) is 72.5 Å². The molecule has 5 nitrogen and oxygen atoms in total. The van der Waals surface area contributed by atoms with Gasteiger partial charge in [-0.3, -0.25) is 4.79 Å². The number of hydrogen-bond donors (Lipinski definition) is 1. The molecule has 1 aliphatic rings. The van der Waals surface area contributed by atoms with E-state index in [1.165, 1.54) is 19.2 Å². The fraction of sp³-hybridized carbons (Fsp3) is 0.316. The van der Waals surface area contributed by atoms with Crippen LogP contribution < -0.4 is 4.72 Å². The molecular weight excluding hydrogens is 374 g/mol. The van der Waals surface area contributed by atoms with E-state index in [4.69, 9.17) is 11.6 Å². The van der Waals surface area contributed by atoms with E-state index in [1.54, 1.807) is 12.1 Å². The summed E-state index contributed by atoms with van der Waals surface area (Å²) in [4.78, 5) is 11.5. The molecule has 0 unspecified atom stereocenters. The lowest BCUT2D eigenvalue weighted by Gasteiger charge is -2.17. The van der Waals surface area contributed by atoms with Gasteiger partial charge in [-0.05, 0) is 48.2 Å². The number of hydrogen-bond acceptors (Lipinski definition) is 4. The number of carbonyl (C=O) groups is 1. The van der Waals surface area contributed by atoms with Crippen LogP contribution >= 0.6 is 11.6 Å². The maximum atomic E-state index is 12.5. The summed E-state index contributed by atoms with van der Waals surface area (Å²) in [6, 6.07) is 13.8. The largest absolute Gasteiger partial charge is 0.469 e. The van der Waals surface area contributed by atoms with Crippen molar-refractivity contribution in [2.75, 3.05) is 13.7 Å². The molecule has 0 bridgehead atoms. The number of halogens is 1. The van der Waals surface area contributed by atoms with Gasteiger partial charge in [0.05, 0.1) is 18.4 Å². The van der Waals surface area contributed by atoms with Crippen LogP contribution in [0.5, 0.6) is 0 Å². The van der Waals surface area contributed by atoms with Gasteiger partial charge in [0.15, 0.2) is 0 Å². The number of benzene rings is 2. The summed E-state index contributed by atoms with van der Waals surface area (Å²) in [6.07, 6.45) is 2.08. The number of nitrogens with one attached hydrogen (secondary N) is 1. The van der Waals surface area contributed by atoms with E-state index in [1.807, 2.05) is 24.3 Å². The Morgan fingerprint density at radius 2 is 1.73 bits per heavy atom. The van der Waals surface area contributed by atoms with Crippen LogP contribution in [0.15, 0.2) is 53.4 Å². The predicted octanol–water partition coefficient (Wildman–Crippen LogP) is 3.07. The minimum absolute atomic E-state index is 0.177. The van der Waals surface area contributed by atoms with Crippen molar-refractivity contribution in [3.8, 4) is 0 Å². The molecule has 2 aromatic rings. The Kier molecular flexibility index (Phi) is 5.37. The van der Waals surface area contributed by atoms with Gasteiger partial charge in [-0.15, -0.1) is 0 Å². The molecule has 0 aliphatic heterocycles. The fourth-order valence-electron chi connectivity index (χ4n) is 2.86. The van der Waals surface area contributed by atoms with Crippen molar-refractivity contribution >= 4 is 27.6 Å². The van der Waals surface area contributed by atoms with Crippen molar-refractivity contribution in [1.29, 1.82) is 0 Å². The first-order valence-electron chi connectivity index (χ1n) is 8.26. The summed E-state index contributed by atoms with van der Waals surface area (Å²) in [6.45, 7) is 0.342. The predicted molar refractivity (Wildman–Crippen MR) is 99.7 cm³/mol. The molecular formula is C19H20ClNO4S. The van der Waals surface area contributed by atoms with E-state index in [0.717, 1.165) is 24.0 Å². The molecule has 0 amide bonds. The summed E-state index contributed by atoms with van der Waals surface area (Å²) in [7, 11) is -2.21. The first kappa shape index (κ1) is 18.9. The van der Waals surface area contributed by atoms with Crippen molar-refractivity contribution < 1.29 is 17.9 Å². The molecule has 1 fully saturated rings. The molecule has 0 atom stereocenters. The van der Waals surface area contributed by atoms with Gasteiger partial charge in [0.2, 0.25) is 10.0 Å². The number of ether oxygens (including phenoxy) is 1. The highest BCUT2D eigenvalue weighted by molar-refractivity contribution is 7.89. The summed E-state index contributed by atoms with van der Waals surface area (Å²) in [5.41, 5.74) is 1.77. The number of sulfonamides is 1. The first-order chi connectivity index (χ1) is 12.3. The number of carbonyl (C=O) groups excluding carboxylic acids is 1. The second-order valence-corrected chi connectivity index (χ2v) is 8.71. The Hall–Kier alpha value is -1.89. The maximum Gasteiger partial charge on any atom is 0.309 e. The fourth-order valence-corrected chi connectivity index (χ4v) is 4.12. The smallest absolute Gasteiger partial charge is 0.309 e. The van der Waals surface area contributed by atoms with Gasteiger partial charge < -0.3 is 4.74 Å². The molecule has 0 heterocycles. The lowest BCUT2D eigenvalue weighted by atomic mass is 9.95. The standard InChI is InChI=1S/C19H20ClNO4S/c1-25-18(22)12-14-2-4-15(5-3-14)19(10-11-19)13-21-26(23,24)17-8-6-16(20)7-9-17/h2-9,21H,10-13H2,1H3. The van der Waals surface area contributed by atoms with Crippen LogP contribution in [0.3, 0.4) is 0 Å². The summed E-state index contributed by atoms with van der Waals surface area (Å²) in [5, 5.41) is 0.495. The quantitative estimate of drug-likeness (QED) is 0.734. The third-order valence-electron chi connectivity index (χ3n) is 4.72. The third-order valence-corrected chi connectivity index (χ3v) is 6.39. The first-order valence-corrected chi connectivity index (χ1v) is 10.1. The average molecular weight is 394 g/mol. The van der Waals surface area contributed by atoms with Crippen molar-refractivity contribution in [2.24, 2.45) is 0 Å². The van der Waals surface area contributed by atoms with Crippen molar-refractivity contribution in [2.45, 2.75) is 29.6 Å². The lowest BCUT2D eigenvalue weighted by Crippen LogP contribution is -2.32. The second kappa shape index (κ2) is 7.39. The van der Waals surface area contributed by atoms with Crippen LogP contribution in [-0.4, -0.2) is 28.0 Å². The number of rotatable bonds is 7. The molecule has 1 N–H and O–H groups in total. The van der Waals surface area contributed by atoms with E-state index in [0.29, 0.717) is 11.6 Å². The molecule has 3 rings (SSSR count). The Labute approximate surface area is 158 Å². The molecule has 2 aromatic carbocycles. The Morgan fingerprint density at radius 1 is 1.12 bits per heavy atom. The average Bonchev–Trinajstić information content (AvgIpc) is 3.42. The van der Waals surface area contributed by atoms with Crippen molar-refractivity contribution in [1.82, 2.24) is 4.72 Å². The highest BCUT2D eigenvalue weighted by Gasteiger charge is 2.44. The van der Waals surface area contributed by atoms with E-state index < -0.39 is 10.0 Å². The minimum atomic E-state index is -3.58. The normalized spacial score (nSPS) is 15.5. The van der Waals surface area contributed by atoms with Crippen molar-refractivity contribution in [3.63, 3.8) is 0 Å². The summed E-state index contributed by atoms with van der Waals surface area (Å²) in [5.74, 6) is -0.283. The molecule has 26 heavy (non-hydrogen) atoms. The van der Waals surface area contributed by atoms with Gasteiger partial charge in [-0.2, -0.15) is 0 Å². The van der Waals surface area contributed by atoms with E-state index in [2.05, 4.69) is 9.46 Å². The summed E-state index contributed by atoms with van der Waals surface area (Å²) >= 11 is 5.81. The molecule has 7 heteroatoms. The monoisotopic (exact) mass is 393 g/mol. The zero-order valence-electron chi connectivity index (χ0n) is 14.4. The SMILES string of the molecule is COC(=O)Cc1ccc(C2(CNS(=O)(=O)c3ccc(Cl)cc3)CC2)cc1. The molecule has 0 spiro atoms. The van der Waals surface area contributed by atoms with E-state index >= 15 is 0 Å². The Bertz CT molecular complexity index is 888. The van der Waals surface area contributed by atoms with E-state index in [9.17, 15) is 13.2 Å². The van der Waals surface area contributed by atoms with Gasteiger partial charge in [0, 0.05) is 17.0 Å². The molecule has 1 aliphatic carbocycles. The zero-order valence-corrected chi connectivity index (χ0v) is 15.9. The molecule has 138 valence electrons. The van der Waals surface area contributed by atoms with Gasteiger partial charge in [-0.1, -0.05) is 35.9 Å². The van der Waals surface area contributed by atoms with Crippen LogP contribution in [0.2, 0.25) is 5.02 Å². The van der Waals surface area contributed by atoms with Crippen LogP contribution in [-0.2, 0) is 31.4 Å². The zero-order chi connectivity index (χ0) is 18.8. The highest BCUT2D eigenvalue weighted by Crippen LogP contribution is 2.47. The van der Waals surface area contributed by atoms with Crippen molar-refractivity contribution in [3.05, 3.63) is 64.7 Å². The molecule has 0 aromatic heterocycles. The minimum Gasteiger partial charge on any atom is -0.469 e.